The third-order valence-electron chi connectivity index (χ3n) is 7.61. The number of nitrogens with zero attached hydrogens (tertiary/aromatic N) is 1. The fraction of sp³-hybridized carbons (Fsp3) is 0.290. The first-order chi connectivity index (χ1) is 18.9. The Morgan fingerprint density at radius 1 is 0.949 bits per heavy atom. The Balaban J connectivity index is 1.19. The molecule has 39 heavy (non-hydrogen) atoms. The topological polar surface area (TPSA) is 92.8 Å². The van der Waals surface area contributed by atoms with E-state index in [4.69, 9.17) is 4.74 Å². The van der Waals surface area contributed by atoms with Gasteiger partial charge in [-0.05, 0) is 85.2 Å². The summed E-state index contributed by atoms with van der Waals surface area (Å²) in [6.07, 6.45) is 2.94. The number of aryl methyl sites for hydroxylation is 1. The number of fused-ring (bicyclic) bond motifs is 1. The van der Waals surface area contributed by atoms with Gasteiger partial charge in [0.1, 0.15) is 0 Å². The summed E-state index contributed by atoms with van der Waals surface area (Å²) >= 11 is 3.42. The van der Waals surface area contributed by atoms with E-state index in [1.54, 1.807) is 18.2 Å². The van der Waals surface area contributed by atoms with Gasteiger partial charge in [-0.3, -0.25) is 19.3 Å². The molecule has 0 radical (unpaired) electrons. The molecule has 3 aromatic rings. The second kappa shape index (κ2) is 11.5. The monoisotopic (exact) mass is 588 g/mol. The third-order valence-corrected chi connectivity index (χ3v) is 8.11. The van der Waals surface area contributed by atoms with E-state index in [2.05, 4.69) is 33.4 Å². The van der Waals surface area contributed by atoms with E-state index in [0.29, 0.717) is 24.2 Å². The molecular formula is C31H29BrN2O5. The Morgan fingerprint density at radius 2 is 1.67 bits per heavy atom. The molecule has 7 nitrogen and oxygen atoms in total. The van der Waals surface area contributed by atoms with Gasteiger partial charge in [-0.1, -0.05) is 53.2 Å². The number of anilines is 2. The lowest BCUT2D eigenvalue weighted by Crippen LogP contribution is -2.30. The molecule has 0 unspecified atom stereocenters. The number of ether oxygens (including phenoxy) is 1. The molecule has 8 heteroatoms. The maximum absolute atomic E-state index is 13.3. The molecule has 1 saturated carbocycles. The average molecular weight is 589 g/mol. The van der Waals surface area contributed by atoms with Crippen LogP contribution >= 0.6 is 15.9 Å². The van der Waals surface area contributed by atoms with E-state index >= 15 is 0 Å². The molecular weight excluding hydrogens is 560 g/mol. The molecule has 200 valence electrons. The molecule has 5 rings (SSSR count). The number of halogens is 1. The molecule has 1 aliphatic carbocycles. The molecule has 3 aromatic carbocycles. The number of imide groups is 1. The number of nitrogens with one attached hydrogen (secondary N) is 1. The van der Waals surface area contributed by atoms with Gasteiger partial charge < -0.3 is 10.1 Å². The second-order valence-electron chi connectivity index (χ2n) is 9.97. The first-order valence-electron chi connectivity index (χ1n) is 13.1. The smallest absolute Gasteiger partial charge is 0.338 e. The molecule has 1 N–H and O–H groups in total. The minimum Gasteiger partial charge on any atom is -0.452 e. The second-order valence-corrected chi connectivity index (χ2v) is 10.9. The van der Waals surface area contributed by atoms with Crippen LogP contribution in [0.4, 0.5) is 11.4 Å². The van der Waals surface area contributed by atoms with Crippen LogP contribution in [0.3, 0.4) is 0 Å². The Morgan fingerprint density at radius 3 is 2.38 bits per heavy atom. The Bertz CT molecular complexity index is 1410. The van der Waals surface area contributed by atoms with Crippen LogP contribution in [0.15, 0.2) is 77.3 Å². The van der Waals surface area contributed by atoms with Gasteiger partial charge in [0.2, 0.25) is 11.8 Å². The molecule has 1 saturated heterocycles. The van der Waals surface area contributed by atoms with Crippen LogP contribution < -0.4 is 10.2 Å². The van der Waals surface area contributed by atoms with Gasteiger partial charge in [-0.25, -0.2) is 4.79 Å². The van der Waals surface area contributed by atoms with Crippen molar-refractivity contribution >= 4 is 51.0 Å². The standard InChI is InChI=1S/C31H29BrN2O5/c1-2-19-16-23(32)11-15-27(19)33-28(35)18-39-31(38)21-8-12-24(13-9-21)34-29(36)25-14-10-22(17-26(25)30(34)37)20-6-4-3-5-7-20/h3-9,11-13,15-16,22,25-26H,2,10,14,17-18H2,1H3,(H,33,35)/t22-,25+,26+/m0/s1. The van der Waals surface area contributed by atoms with Crippen LogP contribution in [-0.4, -0.2) is 30.3 Å². The summed E-state index contributed by atoms with van der Waals surface area (Å²) in [6.45, 7) is 1.55. The lowest BCUT2D eigenvalue weighted by atomic mass is 9.73. The predicted molar refractivity (Wildman–Crippen MR) is 151 cm³/mol. The minimum absolute atomic E-state index is 0.178. The highest BCUT2D eigenvalue weighted by Crippen LogP contribution is 2.45. The van der Waals surface area contributed by atoms with Crippen molar-refractivity contribution < 1.29 is 23.9 Å². The van der Waals surface area contributed by atoms with Crippen LogP contribution in [0.1, 0.15) is 53.6 Å². The first kappa shape index (κ1) is 26.8. The maximum atomic E-state index is 13.3. The van der Waals surface area contributed by atoms with Gasteiger partial charge in [0.15, 0.2) is 6.61 Å². The van der Waals surface area contributed by atoms with E-state index in [1.165, 1.54) is 22.6 Å². The van der Waals surface area contributed by atoms with Crippen LogP contribution in [0.2, 0.25) is 0 Å². The van der Waals surface area contributed by atoms with Crippen LogP contribution in [-0.2, 0) is 25.5 Å². The lowest BCUT2D eigenvalue weighted by Gasteiger charge is -2.28. The van der Waals surface area contributed by atoms with E-state index in [0.717, 1.165) is 22.9 Å². The zero-order valence-electron chi connectivity index (χ0n) is 21.6. The van der Waals surface area contributed by atoms with Crippen molar-refractivity contribution in [2.45, 2.75) is 38.5 Å². The zero-order valence-corrected chi connectivity index (χ0v) is 23.1. The molecule has 2 aliphatic rings. The number of rotatable bonds is 7. The molecule has 3 amide bonds. The SMILES string of the molecule is CCc1cc(Br)ccc1NC(=O)COC(=O)c1ccc(N2C(=O)[C@@H]3CC[C@H](c4ccccc4)C[C@H]3C2=O)cc1. The average Bonchev–Trinajstić information content (AvgIpc) is 3.22. The van der Waals surface area contributed by atoms with E-state index in [1.807, 2.05) is 37.3 Å². The Hall–Kier alpha value is -3.78. The van der Waals surface area contributed by atoms with Gasteiger partial charge in [-0.15, -0.1) is 0 Å². The van der Waals surface area contributed by atoms with Gasteiger partial charge in [0.05, 0.1) is 23.1 Å². The highest BCUT2D eigenvalue weighted by atomic mass is 79.9. The highest BCUT2D eigenvalue weighted by Gasteiger charge is 2.50. The summed E-state index contributed by atoms with van der Waals surface area (Å²) in [5.74, 6) is -1.85. The van der Waals surface area contributed by atoms with Crippen LogP contribution in [0.25, 0.3) is 0 Å². The fourth-order valence-corrected chi connectivity index (χ4v) is 5.99. The molecule has 0 bridgehead atoms. The highest BCUT2D eigenvalue weighted by molar-refractivity contribution is 9.10. The van der Waals surface area contributed by atoms with Gasteiger partial charge in [0, 0.05) is 10.2 Å². The number of esters is 1. The number of amides is 3. The van der Waals surface area contributed by atoms with Crippen molar-refractivity contribution in [3.8, 4) is 0 Å². The minimum atomic E-state index is -0.665. The number of benzene rings is 3. The zero-order chi connectivity index (χ0) is 27.5. The third kappa shape index (κ3) is 5.66. The fourth-order valence-electron chi connectivity index (χ4n) is 5.59. The molecule has 0 aromatic heterocycles. The van der Waals surface area contributed by atoms with Gasteiger partial charge in [0.25, 0.3) is 5.91 Å². The molecule has 1 aliphatic heterocycles. The molecule has 1 heterocycles. The van der Waals surface area contributed by atoms with Crippen LogP contribution in [0.5, 0.6) is 0 Å². The summed E-state index contributed by atoms with van der Waals surface area (Å²) < 4.78 is 6.11. The number of carbonyl (C=O) groups excluding carboxylic acids is 4. The normalized spacial score (nSPS) is 20.5. The van der Waals surface area contributed by atoms with E-state index in [-0.39, 0.29) is 35.1 Å². The molecule has 0 spiro atoms. The van der Waals surface area contributed by atoms with Gasteiger partial charge >= 0.3 is 5.97 Å². The van der Waals surface area contributed by atoms with Crippen LogP contribution in [0, 0.1) is 11.8 Å². The van der Waals surface area contributed by atoms with E-state index in [9.17, 15) is 19.2 Å². The first-order valence-corrected chi connectivity index (χ1v) is 13.9. The molecule has 2 fully saturated rings. The summed E-state index contributed by atoms with van der Waals surface area (Å²) in [7, 11) is 0. The summed E-state index contributed by atoms with van der Waals surface area (Å²) in [6, 6.07) is 21.8. The van der Waals surface area contributed by atoms with Crippen molar-refractivity contribution in [2.24, 2.45) is 11.8 Å². The van der Waals surface area contributed by atoms with Crippen molar-refractivity contribution in [3.05, 3.63) is 94.0 Å². The van der Waals surface area contributed by atoms with Crippen molar-refractivity contribution in [3.63, 3.8) is 0 Å². The van der Waals surface area contributed by atoms with Crippen molar-refractivity contribution in [1.82, 2.24) is 0 Å². The quantitative estimate of drug-likeness (QED) is 0.275. The summed E-state index contributed by atoms with van der Waals surface area (Å²) in [5, 5.41) is 2.77. The Labute approximate surface area is 235 Å². The summed E-state index contributed by atoms with van der Waals surface area (Å²) in [4.78, 5) is 52.6. The molecule has 3 atom stereocenters. The number of hydrogen-bond donors (Lipinski definition) is 1. The lowest BCUT2D eigenvalue weighted by molar-refractivity contribution is -0.122. The largest absolute Gasteiger partial charge is 0.452 e. The predicted octanol–water partition coefficient (Wildman–Crippen LogP) is 5.88. The van der Waals surface area contributed by atoms with Gasteiger partial charge in [-0.2, -0.15) is 0 Å². The van der Waals surface area contributed by atoms with Crippen molar-refractivity contribution in [2.75, 3.05) is 16.8 Å². The Kier molecular flexibility index (Phi) is 7.93. The number of hydrogen-bond acceptors (Lipinski definition) is 5. The summed E-state index contributed by atoms with van der Waals surface area (Å²) in [5.41, 5.74) is 3.49. The van der Waals surface area contributed by atoms with Crippen molar-refractivity contribution in [1.29, 1.82) is 0 Å². The van der Waals surface area contributed by atoms with E-state index < -0.39 is 18.5 Å². The maximum Gasteiger partial charge on any atom is 0.338 e. The number of carbonyl (C=O) groups is 4.